The van der Waals surface area contributed by atoms with Gasteiger partial charge >= 0.3 is 5.97 Å². The van der Waals surface area contributed by atoms with Gasteiger partial charge in [0.2, 0.25) is 0 Å². The van der Waals surface area contributed by atoms with Gasteiger partial charge in [-0.2, -0.15) is 0 Å². The lowest BCUT2D eigenvalue weighted by molar-refractivity contribution is 0.0531. The molecule has 7 heteroatoms. The third kappa shape index (κ3) is 4.87. The van der Waals surface area contributed by atoms with Crippen LogP contribution < -0.4 is 10.4 Å². The van der Waals surface area contributed by atoms with Gasteiger partial charge in [-0.1, -0.05) is 98.8 Å². The van der Waals surface area contributed by atoms with E-state index in [-0.39, 0.29) is 17.5 Å². The van der Waals surface area contributed by atoms with Crippen molar-refractivity contribution >= 4 is 52.7 Å². The number of benzene rings is 3. The molecule has 2 aromatic heterocycles. The summed E-state index contributed by atoms with van der Waals surface area (Å²) in [6.45, 7) is 8.81. The molecule has 36 heavy (non-hydrogen) atoms. The van der Waals surface area contributed by atoms with Crippen LogP contribution in [0.3, 0.4) is 0 Å². The Morgan fingerprint density at radius 2 is 1.64 bits per heavy atom. The molecule has 1 radical (unpaired) electrons. The van der Waals surface area contributed by atoms with Gasteiger partial charge < -0.3 is 9.16 Å². The van der Waals surface area contributed by atoms with E-state index in [4.69, 9.17) is 14.1 Å². The summed E-state index contributed by atoms with van der Waals surface area (Å²) in [6, 6.07) is 27.4. The molecule has 0 bridgehead atoms. The third-order valence-corrected chi connectivity index (χ3v) is 9.15. The first kappa shape index (κ1) is 24.4. The van der Waals surface area contributed by atoms with Crippen LogP contribution in [-0.2, 0) is 9.16 Å². The Bertz CT molecular complexity index is 1450. The normalized spacial score (nSPS) is 12.9. The van der Waals surface area contributed by atoms with Gasteiger partial charge in [-0.05, 0) is 40.4 Å². The lowest BCUT2D eigenvalue weighted by Crippen LogP contribution is -2.47. The van der Waals surface area contributed by atoms with Crippen LogP contribution in [0.15, 0.2) is 85.1 Å². The van der Waals surface area contributed by atoms with E-state index in [1.54, 1.807) is 0 Å². The van der Waals surface area contributed by atoms with Gasteiger partial charge in [0.15, 0.2) is 4.96 Å². The molecule has 0 amide bonds. The maximum absolute atomic E-state index is 12.2. The molecular weight excluding hydrogens is 484 g/mol. The molecule has 0 N–H and O–H groups in total. The maximum atomic E-state index is 12.2. The maximum Gasteiger partial charge on any atom is 0.349 e. The number of hydrogen-bond acceptors (Lipinski definition) is 5. The lowest BCUT2D eigenvalue weighted by Gasteiger charge is -2.34. The number of imidazole rings is 1. The summed E-state index contributed by atoms with van der Waals surface area (Å²) in [7, 11) is -1.49. The molecule has 0 spiro atoms. The number of aromatic nitrogens is 2. The standard InChI is InChI=1S/C29H29N2O3SSi/c1-5-33-27(32)25-19-31-24-17-16-20(18-23(24)30-28(31)35-25)26(29(2,3)4)34-36(21-12-8-6-9-13-21)22-14-10-7-11-15-22/h6-19,26H,5H2,1-4H3. The van der Waals surface area contributed by atoms with Gasteiger partial charge in [0.25, 0.3) is 9.04 Å². The van der Waals surface area contributed by atoms with Gasteiger partial charge in [-0.25, -0.2) is 9.78 Å². The van der Waals surface area contributed by atoms with E-state index < -0.39 is 9.04 Å². The van der Waals surface area contributed by atoms with Gasteiger partial charge in [0, 0.05) is 6.20 Å². The van der Waals surface area contributed by atoms with Crippen LogP contribution in [0.5, 0.6) is 0 Å². The zero-order chi connectivity index (χ0) is 25.3. The first-order valence-electron chi connectivity index (χ1n) is 12.1. The second kappa shape index (κ2) is 10.0. The van der Waals surface area contributed by atoms with Gasteiger partial charge in [-0.3, -0.25) is 4.40 Å². The van der Waals surface area contributed by atoms with Crippen molar-refractivity contribution in [2.75, 3.05) is 6.61 Å². The molecule has 0 aliphatic heterocycles. The minimum atomic E-state index is -1.49. The Labute approximate surface area is 217 Å². The average Bonchev–Trinajstić information content (AvgIpc) is 3.43. The fraction of sp³-hybridized carbons (Fsp3) is 0.241. The zero-order valence-electron chi connectivity index (χ0n) is 20.9. The second-order valence-electron chi connectivity index (χ2n) is 9.75. The molecule has 5 rings (SSSR count). The first-order chi connectivity index (χ1) is 17.3. The van der Waals surface area contributed by atoms with Crippen molar-refractivity contribution in [3.05, 3.63) is 95.5 Å². The Morgan fingerprint density at radius 1 is 1.00 bits per heavy atom. The van der Waals surface area contributed by atoms with E-state index in [2.05, 4.69) is 87.5 Å². The summed E-state index contributed by atoms with van der Waals surface area (Å²) in [5.41, 5.74) is 2.81. The summed E-state index contributed by atoms with van der Waals surface area (Å²) in [5.74, 6) is -0.310. The monoisotopic (exact) mass is 513 g/mol. The van der Waals surface area contributed by atoms with Crippen LogP contribution in [0.4, 0.5) is 0 Å². The number of esters is 1. The summed E-state index contributed by atoms with van der Waals surface area (Å²) >= 11 is 1.35. The van der Waals surface area contributed by atoms with Crippen LogP contribution >= 0.6 is 11.3 Å². The van der Waals surface area contributed by atoms with Crippen LogP contribution in [-0.4, -0.2) is 31.0 Å². The quantitative estimate of drug-likeness (QED) is 0.209. The molecule has 183 valence electrons. The summed E-state index contributed by atoms with van der Waals surface area (Å²) < 4.78 is 14.2. The summed E-state index contributed by atoms with van der Waals surface area (Å²) in [4.78, 5) is 18.3. The number of carbonyl (C=O) groups is 1. The smallest absolute Gasteiger partial charge is 0.349 e. The number of hydrogen-bond donors (Lipinski definition) is 0. The zero-order valence-corrected chi connectivity index (χ0v) is 22.7. The van der Waals surface area contributed by atoms with Crippen molar-refractivity contribution in [3.63, 3.8) is 0 Å². The van der Waals surface area contributed by atoms with E-state index in [1.807, 2.05) is 29.7 Å². The van der Waals surface area contributed by atoms with E-state index >= 15 is 0 Å². The number of carbonyl (C=O) groups excluding carboxylic acids is 1. The van der Waals surface area contributed by atoms with Crippen molar-refractivity contribution in [2.45, 2.75) is 33.8 Å². The molecule has 1 unspecified atom stereocenters. The Morgan fingerprint density at radius 3 is 2.22 bits per heavy atom. The molecule has 2 heterocycles. The molecule has 3 aromatic carbocycles. The predicted molar refractivity (Wildman–Crippen MR) is 148 cm³/mol. The van der Waals surface area contributed by atoms with Crippen molar-refractivity contribution < 1.29 is 14.0 Å². The van der Waals surface area contributed by atoms with Crippen LogP contribution in [0.1, 0.15) is 49.0 Å². The Kier molecular flexibility index (Phi) is 6.79. The van der Waals surface area contributed by atoms with E-state index in [0.29, 0.717) is 11.5 Å². The molecule has 1 atom stereocenters. The predicted octanol–water partition coefficient (Wildman–Crippen LogP) is 5.64. The summed E-state index contributed by atoms with van der Waals surface area (Å²) in [5, 5.41) is 2.44. The fourth-order valence-corrected chi connectivity index (χ4v) is 7.55. The highest BCUT2D eigenvalue weighted by Gasteiger charge is 2.33. The van der Waals surface area contributed by atoms with Gasteiger partial charge in [-0.15, -0.1) is 0 Å². The van der Waals surface area contributed by atoms with Gasteiger partial charge in [0.1, 0.15) is 4.88 Å². The molecule has 0 aliphatic rings. The SMILES string of the molecule is CCOC(=O)c1cn2c(nc3cc(C(O[Si](c4ccccc4)c4ccccc4)C(C)(C)C)ccc32)s1. The van der Waals surface area contributed by atoms with Crippen molar-refractivity contribution in [3.8, 4) is 0 Å². The van der Waals surface area contributed by atoms with E-state index in [1.165, 1.54) is 21.7 Å². The molecule has 0 aliphatic carbocycles. The largest absolute Gasteiger partial charge is 0.462 e. The molecule has 0 saturated heterocycles. The van der Waals surface area contributed by atoms with Crippen molar-refractivity contribution in [1.82, 2.24) is 9.38 Å². The van der Waals surface area contributed by atoms with Crippen LogP contribution in [0, 0.1) is 5.41 Å². The number of thiazole rings is 1. The number of ether oxygens (including phenoxy) is 1. The van der Waals surface area contributed by atoms with Crippen LogP contribution in [0.2, 0.25) is 0 Å². The molecule has 5 nitrogen and oxygen atoms in total. The van der Waals surface area contributed by atoms with E-state index in [0.717, 1.165) is 21.6 Å². The second-order valence-corrected chi connectivity index (χ2v) is 12.8. The molecular formula is C29H29N2O3SSi. The summed E-state index contributed by atoms with van der Waals surface area (Å²) in [6.07, 6.45) is 1.68. The fourth-order valence-electron chi connectivity index (χ4n) is 4.34. The number of rotatable bonds is 7. The minimum Gasteiger partial charge on any atom is -0.462 e. The Balaban J connectivity index is 1.54. The Hall–Kier alpha value is -3.26. The topological polar surface area (TPSA) is 52.8 Å². The third-order valence-electron chi connectivity index (χ3n) is 6.00. The van der Waals surface area contributed by atoms with Gasteiger partial charge in [0.05, 0.1) is 23.7 Å². The molecule has 5 aromatic rings. The van der Waals surface area contributed by atoms with Crippen LogP contribution in [0.25, 0.3) is 16.0 Å². The minimum absolute atomic E-state index is 0.133. The number of fused-ring (bicyclic) bond motifs is 3. The van der Waals surface area contributed by atoms with E-state index in [9.17, 15) is 4.79 Å². The number of nitrogens with zero attached hydrogens (tertiary/aromatic N) is 2. The molecule has 0 saturated carbocycles. The highest BCUT2D eigenvalue weighted by atomic mass is 32.1. The highest BCUT2D eigenvalue weighted by Crippen LogP contribution is 2.38. The molecule has 0 fully saturated rings. The lowest BCUT2D eigenvalue weighted by atomic mass is 9.85. The highest BCUT2D eigenvalue weighted by molar-refractivity contribution is 7.18. The van der Waals surface area contributed by atoms with Crippen molar-refractivity contribution in [2.24, 2.45) is 5.41 Å². The van der Waals surface area contributed by atoms with Crippen molar-refractivity contribution in [1.29, 1.82) is 0 Å². The first-order valence-corrected chi connectivity index (χ1v) is 14.3. The average molecular weight is 514 g/mol.